The lowest BCUT2D eigenvalue weighted by molar-refractivity contribution is 0.507. The first-order valence-electron chi connectivity index (χ1n) is 9.24. The zero-order valence-electron chi connectivity index (χ0n) is 15.9. The molecule has 0 amide bonds. The number of pyridine rings is 1. The molecule has 1 unspecified atom stereocenters. The number of benzene rings is 1. The molecular weight excluding hydrogens is 357 g/mol. The summed E-state index contributed by atoms with van der Waals surface area (Å²) in [6.07, 6.45) is 4.14. The molecule has 3 aromatic rings. The standard InChI is InChI=1S/C21H24FN5O/c1-13(2)11-17(23)12-25-21-26-19(15-7-9-24-10-8-15)18(20(28)27-21)14-3-5-16(22)6-4-14/h3-10,13,17H,11-12,23H2,1-2H3,(H2,25,26,27,28). The Labute approximate surface area is 163 Å². The molecule has 28 heavy (non-hydrogen) atoms. The van der Waals surface area contributed by atoms with Gasteiger partial charge in [0.05, 0.1) is 11.3 Å². The minimum absolute atomic E-state index is 0.0496. The number of nitrogens with zero attached hydrogens (tertiary/aromatic N) is 2. The van der Waals surface area contributed by atoms with Crippen LogP contribution in [0.15, 0.2) is 53.6 Å². The highest BCUT2D eigenvalue weighted by Gasteiger charge is 2.16. The van der Waals surface area contributed by atoms with Gasteiger partial charge in [-0.05, 0) is 42.2 Å². The third kappa shape index (κ3) is 4.80. The van der Waals surface area contributed by atoms with Crippen molar-refractivity contribution >= 4 is 5.95 Å². The van der Waals surface area contributed by atoms with E-state index in [0.29, 0.717) is 35.2 Å². The smallest absolute Gasteiger partial charge is 0.260 e. The molecule has 0 fully saturated rings. The molecule has 0 aliphatic carbocycles. The van der Waals surface area contributed by atoms with Crippen LogP contribution in [0.2, 0.25) is 0 Å². The number of hydrogen-bond acceptors (Lipinski definition) is 5. The van der Waals surface area contributed by atoms with Crippen LogP contribution < -0.4 is 16.6 Å². The summed E-state index contributed by atoms with van der Waals surface area (Å²) in [6, 6.07) is 9.29. The molecule has 2 aromatic heterocycles. The summed E-state index contributed by atoms with van der Waals surface area (Å²) in [6.45, 7) is 4.71. The van der Waals surface area contributed by atoms with Crippen LogP contribution in [0.1, 0.15) is 20.3 Å². The highest BCUT2D eigenvalue weighted by atomic mass is 19.1. The summed E-state index contributed by atoms with van der Waals surface area (Å²) in [5.41, 5.74) is 8.02. The van der Waals surface area contributed by atoms with Crippen molar-refractivity contribution in [2.24, 2.45) is 11.7 Å². The van der Waals surface area contributed by atoms with Gasteiger partial charge in [-0.15, -0.1) is 0 Å². The van der Waals surface area contributed by atoms with Crippen molar-refractivity contribution in [3.8, 4) is 22.4 Å². The normalized spacial score (nSPS) is 12.2. The predicted molar refractivity (Wildman–Crippen MR) is 109 cm³/mol. The molecule has 0 bridgehead atoms. The Morgan fingerprint density at radius 3 is 2.43 bits per heavy atom. The molecule has 3 rings (SSSR count). The third-order valence-corrected chi connectivity index (χ3v) is 4.31. The van der Waals surface area contributed by atoms with Crippen molar-refractivity contribution in [1.82, 2.24) is 15.0 Å². The minimum Gasteiger partial charge on any atom is -0.354 e. The predicted octanol–water partition coefficient (Wildman–Crippen LogP) is 3.42. The highest BCUT2D eigenvalue weighted by Crippen LogP contribution is 2.28. The van der Waals surface area contributed by atoms with Crippen LogP contribution in [0.3, 0.4) is 0 Å². The first-order chi connectivity index (χ1) is 13.4. The van der Waals surface area contributed by atoms with Crippen molar-refractivity contribution in [2.75, 3.05) is 11.9 Å². The van der Waals surface area contributed by atoms with Gasteiger partial charge in [0.2, 0.25) is 5.95 Å². The van der Waals surface area contributed by atoms with E-state index >= 15 is 0 Å². The molecule has 6 nitrogen and oxygen atoms in total. The van der Waals surface area contributed by atoms with Crippen LogP contribution in [0.4, 0.5) is 10.3 Å². The third-order valence-electron chi connectivity index (χ3n) is 4.31. The molecular formula is C21H24FN5O. The fourth-order valence-electron chi connectivity index (χ4n) is 3.08. The van der Waals surface area contributed by atoms with Crippen LogP contribution in [-0.4, -0.2) is 27.5 Å². The van der Waals surface area contributed by atoms with Crippen molar-refractivity contribution in [3.63, 3.8) is 0 Å². The van der Waals surface area contributed by atoms with Crippen LogP contribution in [-0.2, 0) is 0 Å². The van der Waals surface area contributed by atoms with Crippen LogP contribution in [0.25, 0.3) is 22.4 Å². The number of aromatic nitrogens is 3. The number of aromatic amines is 1. The summed E-state index contributed by atoms with van der Waals surface area (Å²) < 4.78 is 13.3. The van der Waals surface area contributed by atoms with Crippen molar-refractivity contribution in [1.29, 1.82) is 0 Å². The van der Waals surface area contributed by atoms with Gasteiger partial charge in [0.15, 0.2) is 0 Å². The van der Waals surface area contributed by atoms with Crippen molar-refractivity contribution < 1.29 is 4.39 Å². The Balaban J connectivity index is 2.01. The maximum atomic E-state index is 13.3. The van der Waals surface area contributed by atoms with Crippen LogP contribution >= 0.6 is 0 Å². The number of rotatable bonds is 7. The Morgan fingerprint density at radius 1 is 1.11 bits per heavy atom. The summed E-state index contributed by atoms with van der Waals surface area (Å²) in [4.78, 5) is 24.3. The monoisotopic (exact) mass is 381 g/mol. The summed E-state index contributed by atoms with van der Waals surface area (Å²) in [7, 11) is 0. The number of hydrogen-bond donors (Lipinski definition) is 3. The number of nitrogens with one attached hydrogen (secondary N) is 2. The molecule has 4 N–H and O–H groups in total. The minimum atomic E-state index is -0.365. The van der Waals surface area contributed by atoms with Gasteiger partial charge >= 0.3 is 0 Å². The molecule has 146 valence electrons. The Kier molecular flexibility index (Phi) is 6.16. The van der Waals surface area contributed by atoms with Gasteiger partial charge in [-0.1, -0.05) is 26.0 Å². The first-order valence-corrected chi connectivity index (χ1v) is 9.24. The van der Waals surface area contributed by atoms with E-state index in [2.05, 4.69) is 34.1 Å². The number of anilines is 1. The lowest BCUT2D eigenvalue weighted by Gasteiger charge is -2.16. The van der Waals surface area contributed by atoms with Crippen LogP contribution in [0, 0.1) is 11.7 Å². The van der Waals surface area contributed by atoms with E-state index in [9.17, 15) is 9.18 Å². The van der Waals surface area contributed by atoms with E-state index in [1.165, 1.54) is 12.1 Å². The molecule has 0 radical (unpaired) electrons. The molecule has 0 saturated carbocycles. The van der Waals surface area contributed by atoms with Crippen LogP contribution in [0.5, 0.6) is 0 Å². The molecule has 0 saturated heterocycles. The Morgan fingerprint density at radius 2 is 1.79 bits per heavy atom. The second-order valence-corrected chi connectivity index (χ2v) is 7.15. The molecule has 1 aromatic carbocycles. The van der Waals surface area contributed by atoms with Gasteiger partial charge < -0.3 is 11.1 Å². The molecule has 1 atom stereocenters. The molecule has 7 heteroatoms. The van der Waals surface area contributed by atoms with E-state index in [0.717, 1.165) is 12.0 Å². The summed E-state index contributed by atoms with van der Waals surface area (Å²) in [5, 5.41) is 3.12. The average Bonchev–Trinajstić information content (AvgIpc) is 2.67. The van der Waals surface area contributed by atoms with E-state index in [4.69, 9.17) is 5.73 Å². The molecule has 0 aliphatic heterocycles. The van der Waals surface area contributed by atoms with E-state index in [1.807, 2.05) is 0 Å². The topological polar surface area (TPSA) is 96.7 Å². The van der Waals surface area contributed by atoms with E-state index < -0.39 is 0 Å². The quantitative estimate of drug-likeness (QED) is 0.583. The van der Waals surface area contributed by atoms with Gasteiger partial charge in [0, 0.05) is 30.5 Å². The maximum absolute atomic E-state index is 13.3. The fraction of sp³-hybridized carbons (Fsp3) is 0.286. The lowest BCUT2D eigenvalue weighted by Crippen LogP contribution is -2.31. The SMILES string of the molecule is CC(C)CC(N)CNc1nc(-c2ccncc2)c(-c2ccc(F)cc2)c(=O)[nH]1. The zero-order valence-corrected chi connectivity index (χ0v) is 15.9. The number of H-pyrrole nitrogens is 1. The van der Waals surface area contributed by atoms with Gasteiger partial charge in [0.1, 0.15) is 5.82 Å². The van der Waals surface area contributed by atoms with Gasteiger partial charge in [0.25, 0.3) is 5.56 Å². The molecule has 0 spiro atoms. The van der Waals surface area contributed by atoms with Gasteiger partial charge in [-0.2, -0.15) is 0 Å². The first kappa shape index (κ1) is 19.7. The Hall–Kier alpha value is -3.06. The second-order valence-electron chi connectivity index (χ2n) is 7.15. The van der Waals surface area contributed by atoms with E-state index in [-0.39, 0.29) is 17.4 Å². The number of nitrogens with two attached hydrogens (primary N) is 1. The second kappa shape index (κ2) is 8.75. The largest absolute Gasteiger partial charge is 0.354 e. The van der Waals surface area contributed by atoms with Gasteiger partial charge in [-0.3, -0.25) is 14.8 Å². The Bertz CT molecular complexity index is 970. The maximum Gasteiger partial charge on any atom is 0.260 e. The molecule has 0 aliphatic rings. The van der Waals surface area contributed by atoms with E-state index in [1.54, 1.807) is 36.7 Å². The fourth-order valence-corrected chi connectivity index (χ4v) is 3.08. The molecule has 2 heterocycles. The van der Waals surface area contributed by atoms with Gasteiger partial charge in [-0.25, -0.2) is 9.37 Å². The summed E-state index contributed by atoms with van der Waals surface area (Å²) in [5.74, 6) is 0.468. The highest BCUT2D eigenvalue weighted by molar-refractivity contribution is 5.80. The van der Waals surface area contributed by atoms with Crippen molar-refractivity contribution in [2.45, 2.75) is 26.3 Å². The van der Waals surface area contributed by atoms with Crippen molar-refractivity contribution in [3.05, 3.63) is 65.0 Å². The summed E-state index contributed by atoms with van der Waals surface area (Å²) >= 11 is 0. The average molecular weight is 381 g/mol. The lowest BCUT2D eigenvalue weighted by atomic mass is 10.0. The number of halogens is 1. The zero-order chi connectivity index (χ0) is 20.1.